The van der Waals surface area contributed by atoms with E-state index < -0.39 is 17.0 Å². The maximum absolute atomic E-state index is 12.3. The minimum atomic E-state index is -1.06. The van der Waals surface area contributed by atoms with Crippen LogP contribution in [0.5, 0.6) is 0 Å². The molecule has 0 aromatic rings. The molecule has 0 aliphatic carbocycles. The van der Waals surface area contributed by atoms with Crippen molar-refractivity contribution in [3.8, 4) is 0 Å². The van der Waals surface area contributed by atoms with Gasteiger partial charge >= 0.3 is 6.09 Å². The first-order valence-electron chi connectivity index (χ1n) is 8.60. The number of amides is 1. The molecule has 1 N–H and O–H groups in total. The summed E-state index contributed by atoms with van der Waals surface area (Å²) >= 11 is -1.06. The van der Waals surface area contributed by atoms with Crippen molar-refractivity contribution < 1.29 is 14.1 Å². The molecule has 5 nitrogen and oxygen atoms in total. The van der Waals surface area contributed by atoms with Crippen LogP contribution in [-0.2, 0) is 16.1 Å². The number of hydrogen-bond acceptors (Lipinski definition) is 4. The van der Waals surface area contributed by atoms with Crippen LogP contribution in [0.1, 0.15) is 67.7 Å². The smallest absolute Gasteiger partial charge is 0.410 e. The van der Waals surface area contributed by atoms with Crippen LogP contribution in [0.15, 0.2) is 0 Å². The van der Waals surface area contributed by atoms with E-state index in [1.807, 2.05) is 41.5 Å². The van der Waals surface area contributed by atoms with E-state index in [1.165, 1.54) is 0 Å². The van der Waals surface area contributed by atoms with Gasteiger partial charge in [-0.25, -0.2) is 4.79 Å². The zero-order chi connectivity index (χ0) is 17.8. The second-order valence-electron chi connectivity index (χ2n) is 8.32. The maximum atomic E-state index is 12.3. The molecule has 0 radical (unpaired) electrons. The number of ether oxygens (including phenoxy) is 1. The predicted molar refractivity (Wildman–Crippen MR) is 95.6 cm³/mol. The van der Waals surface area contributed by atoms with E-state index in [0.717, 1.165) is 19.3 Å². The highest BCUT2D eigenvalue weighted by molar-refractivity contribution is 7.90. The molecule has 0 spiro atoms. The molecular weight excluding hydrogens is 312 g/mol. The number of hydrogen-bond donors (Lipinski definition) is 1. The molecule has 1 aliphatic rings. The molecule has 1 amide bonds. The van der Waals surface area contributed by atoms with Crippen molar-refractivity contribution in [2.45, 2.75) is 84.1 Å². The van der Waals surface area contributed by atoms with Crippen LogP contribution in [0.25, 0.3) is 0 Å². The Morgan fingerprint density at radius 2 is 1.78 bits per heavy atom. The highest BCUT2D eigenvalue weighted by Crippen LogP contribution is 2.26. The van der Waals surface area contributed by atoms with E-state index in [1.54, 1.807) is 4.90 Å². The number of rotatable bonds is 4. The summed E-state index contributed by atoms with van der Waals surface area (Å²) in [6, 6.07) is 0.232. The van der Waals surface area contributed by atoms with Gasteiger partial charge in [0.25, 0.3) is 0 Å². The lowest BCUT2D eigenvalue weighted by Crippen LogP contribution is -2.50. The third-order valence-electron chi connectivity index (χ3n) is 4.01. The second-order valence-corrected chi connectivity index (χ2v) is 10.3. The van der Waals surface area contributed by atoms with E-state index in [9.17, 15) is 9.35 Å². The van der Waals surface area contributed by atoms with Crippen LogP contribution in [0.2, 0.25) is 0 Å². The first kappa shape index (κ1) is 20.6. The van der Waals surface area contributed by atoms with Crippen molar-refractivity contribution in [2.24, 2.45) is 5.92 Å². The van der Waals surface area contributed by atoms with Crippen LogP contribution in [-0.4, -0.2) is 45.0 Å². The lowest BCUT2D eigenvalue weighted by Gasteiger charge is -2.37. The highest BCUT2D eigenvalue weighted by atomic mass is 32.2. The molecule has 136 valence electrons. The lowest BCUT2D eigenvalue weighted by atomic mass is 9.89. The first-order chi connectivity index (χ1) is 10.4. The average Bonchev–Trinajstić information content (AvgIpc) is 2.41. The highest BCUT2D eigenvalue weighted by Gasteiger charge is 2.34. The quantitative estimate of drug-likeness (QED) is 0.792. The molecule has 1 heterocycles. The summed E-state index contributed by atoms with van der Waals surface area (Å²) in [4.78, 5) is 13.9. The van der Waals surface area contributed by atoms with E-state index in [-0.39, 0.29) is 16.9 Å². The molecule has 1 fully saturated rings. The monoisotopic (exact) mass is 346 g/mol. The maximum Gasteiger partial charge on any atom is 0.410 e. The summed E-state index contributed by atoms with van der Waals surface area (Å²) in [5, 5.41) is 0. The van der Waals surface area contributed by atoms with Gasteiger partial charge < -0.3 is 14.2 Å². The fraction of sp³-hybridized carbons (Fsp3) is 0.941. The van der Waals surface area contributed by atoms with Gasteiger partial charge in [-0.3, -0.25) is 0 Å². The van der Waals surface area contributed by atoms with Crippen LogP contribution in [0, 0.1) is 5.92 Å². The zero-order valence-electron chi connectivity index (χ0n) is 15.8. The van der Waals surface area contributed by atoms with Crippen LogP contribution in [0.4, 0.5) is 4.79 Å². The minimum Gasteiger partial charge on any atom is -0.598 e. The van der Waals surface area contributed by atoms with Gasteiger partial charge in [-0.1, -0.05) is 6.92 Å². The normalized spacial score (nSPS) is 20.3. The number of piperidine rings is 1. The van der Waals surface area contributed by atoms with Gasteiger partial charge in [-0.15, -0.1) is 4.72 Å². The molecule has 0 saturated carbocycles. The van der Waals surface area contributed by atoms with Crippen molar-refractivity contribution >= 4 is 17.5 Å². The van der Waals surface area contributed by atoms with E-state index >= 15 is 0 Å². The van der Waals surface area contributed by atoms with Gasteiger partial charge in [0.2, 0.25) is 0 Å². The summed E-state index contributed by atoms with van der Waals surface area (Å²) in [6.07, 6.45) is 2.56. The Morgan fingerprint density at radius 1 is 1.26 bits per heavy atom. The first-order valence-corrected chi connectivity index (χ1v) is 9.75. The van der Waals surface area contributed by atoms with Crippen molar-refractivity contribution in [3.63, 3.8) is 0 Å². The molecule has 0 aromatic heterocycles. The molecular formula is C17H34N2O3S. The summed E-state index contributed by atoms with van der Waals surface area (Å²) in [6.45, 7) is 15.1. The Kier molecular flexibility index (Phi) is 7.23. The minimum absolute atomic E-state index is 0.227. The number of nitrogens with one attached hydrogen (secondary N) is 1. The third kappa shape index (κ3) is 6.89. The molecule has 1 rings (SSSR count). The Morgan fingerprint density at radius 3 is 2.17 bits per heavy atom. The summed E-state index contributed by atoms with van der Waals surface area (Å²) in [5.74, 6) is 0.449. The summed E-state index contributed by atoms with van der Waals surface area (Å²) in [7, 11) is 0. The van der Waals surface area contributed by atoms with Gasteiger partial charge in [0.15, 0.2) is 0 Å². The largest absolute Gasteiger partial charge is 0.598 e. The van der Waals surface area contributed by atoms with Crippen LogP contribution < -0.4 is 4.72 Å². The number of carbonyl (C=O) groups excluding carboxylic acids is 1. The topological polar surface area (TPSA) is 64.6 Å². The Hall–Kier alpha value is -0.460. The molecule has 1 saturated heterocycles. The van der Waals surface area contributed by atoms with Gasteiger partial charge in [0.1, 0.15) is 10.3 Å². The molecule has 0 bridgehead atoms. The van der Waals surface area contributed by atoms with Crippen molar-refractivity contribution in [1.82, 2.24) is 9.62 Å². The van der Waals surface area contributed by atoms with Crippen LogP contribution in [0.3, 0.4) is 0 Å². The second kappa shape index (κ2) is 8.08. The van der Waals surface area contributed by atoms with Crippen molar-refractivity contribution in [2.75, 3.05) is 13.1 Å². The Bertz CT molecular complexity index is 382. The molecule has 23 heavy (non-hydrogen) atoms. The number of likely N-dealkylation sites (tertiary alicyclic amines) is 1. The fourth-order valence-electron chi connectivity index (χ4n) is 2.64. The number of nitrogens with zero attached hydrogens (tertiary/aromatic N) is 1. The standard InChI is InChI=1S/C17H34N2O3S/c1-8-14(18-23(21)17(5,6)7)13-9-11-19(12-10-13)15(20)22-16(2,3)4/h13-14,18H,8-12H2,1-7H3/t14?,23-/m1/s1. The van der Waals surface area contributed by atoms with E-state index in [0.29, 0.717) is 19.0 Å². The lowest BCUT2D eigenvalue weighted by molar-refractivity contribution is 0.0171. The SMILES string of the molecule is CCC(N[S@+]([O-])C(C)(C)C)C1CCN(C(=O)OC(C)(C)C)CC1. The Labute approximate surface area is 144 Å². The van der Waals surface area contributed by atoms with Gasteiger partial charge in [0, 0.05) is 24.5 Å². The van der Waals surface area contributed by atoms with Crippen LogP contribution >= 0.6 is 0 Å². The molecule has 2 atom stereocenters. The molecule has 6 heteroatoms. The fourth-order valence-corrected chi connectivity index (χ4v) is 3.63. The summed E-state index contributed by atoms with van der Waals surface area (Å²) < 4.78 is 20.8. The zero-order valence-corrected chi connectivity index (χ0v) is 16.6. The van der Waals surface area contributed by atoms with E-state index in [4.69, 9.17) is 4.74 Å². The molecule has 1 unspecified atom stereocenters. The van der Waals surface area contributed by atoms with Crippen molar-refractivity contribution in [3.05, 3.63) is 0 Å². The van der Waals surface area contributed by atoms with Gasteiger partial charge in [-0.05, 0) is 66.7 Å². The van der Waals surface area contributed by atoms with E-state index in [2.05, 4.69) is 11.6 Å². The van der Waals surface area contributed by atoms with Crippen molar-refractivity contribution in [1.29, 1.82) is 0 Å². The Balaban J connectivity index is 2.52. The summed E-state index contributed by atoms with van der Waals surface area (Å²) in [5.41, 5.74) is -0.453. The predicted octanol–water partition coefficient (Wildman–Crippen LogP) is 3.46. The molecule has 0 aromatic carbocycles. The van der Waals surface area contributed by atoms with Gasteiger partial charge in [0.05, 0.1) is 6.04 Å². The third-order valence-corrected chi connectivity index (χ3v) is 5.64. The molecule has 1 aliphatic heterocycles. The van der Waals surface area contributed by atoms with Gasteiger partial charge in [-0.2, -0.15) is 0 Å². The number of carbonyl (C=O) groups is 1. The average molecular weight is 347 g/mol.